The topological polar surface area (TPSA) is 201 Å². The van der Waals surface area contributed by atoms with Crippen LogP contribution in [0.1, 0.15) is 87.8 Å². The molecule has 0 spiro atoms. The number of aliphatic hydroxyl groups excluding tert-OH is 2. The molecule has 2 aliphatic carbocycles. The van der Waals surface area contributed by atoms with Crippen molar-refractivity contribution >= 4 is 23.6 Å². The van der Waals surface area contributed by atoms with Crippen LogP contribution in [-0.2, 0) is 32.3 Å². The normalized spacial score (nSPS) is 22.2. The van der Waals surface area contributed by atoms with Crippen molar-refractivity contribution in [1.82, 2.24) is 10.2 Å². The van der Waals surface area contributed by atoms with Crippen molar-refractivity contribution in [2.75, 3.05) is 46.1 Å². The fourth-order valence-electron chi connectivity index (χ4n) is 9.55. The number of nitro groups is 1. The number of oxime groups is 1. The van der Waals surface area contributed by atoms with Gasteiger partial charge in [0.15, 0.2) is 0 Å². The number of hydrogen-bond donors (Lipinski definition) is 3. The fourth-order valence-corrected chi connectivity index (χ4v) is 9.55. The zero-order chi connectivity index (χ0) is 46.9. The predicted octanol–water partition coefficient (Wildman–Crippen LogP) is 8.60. The van der Waals surface area contributed by atoms with Crippen LogP contribution < -0.4 is 14.8 Å². The summed E-state index contributed by atoms with van der Waals surface area (Å²) in [4.78, 5) is 46.0. The summed E-state index contributed by atoms with van der Waals surface area (Å²) in [7, 11) is 0. The van der Waals surface area contributed by atoms with Gasteiger partial charge in [-0.05, 0) is 97.9 Å². The SMILES string of the molecule is C=CCO[C@@]12Oc3ccc(OC(=O)NCC)cc3[C@H]3[C@H](CCCCO)[C@@H](CCCCO)C=C(C(=NOCc4ccc([N+](=O)[O-])cc4)C[C@@H]1N(CCC)C(=O)OCCOCc1ccccc1)[C@H]32. The first kappa shape index (κ1) is 49.6. The van der Waals surface area contributed by atoms with Crippen molar-refractivity contribution < 1.29 is 53.2 Å². The van der Waals surface area contributed by atoms with E-state index < -0.39 is 34.9 Å². The maximum atomic E-state index is 14.6. The maximum Gasteiger partial charge on any atom is 0.412 e. The van der Waals surface area contributed by atoms with Crippen LogP contribution in [0, 0.1) is 27.9 Å². The van der Waals surface area contributed by atoms with Crippen LogP contribution in [0.4, 0.5) is 15.3 Å². The minimum atomic E-state index is -1.53. The quantitative estimate of drug-likeness (QED) is 0.0317. The first-order chi connectivity index (χ1) is 32.2. The van der Waals surface area contributed by atoms with Crippen molar-refractivity contribution in [1.29, 1.82) is 0 Å². The number of rotatable bonds is 25. The Morgan fingerprint density at radius 1 is 0.985 bits per heavy atom. The average Bonchev–Trinajstić information content (AvgIpc) is 3.32. The smallest absolute Gasteiger partial charge is 0.412 e. The Balaban J connectivity index is 1.48. The molecule has 1 saturated carbocycles. The number of allylic oxidation sites excluding steroid dienone is 1. The van der Waals surface area contributed by atoms with Crippen molar-refractivity contribution in [3.63, 3.8) is 0 Å². The van der Waals surface area contributed by atoms with Crippen LogP contribution >= 0.6 is 0 Å². The van der Waals surface area contributed by atoms with Crippen LogP contribution in [0.3, 0.4) is 0 Å². The summed E-state index contributed by atoms with van der Waals surface area (Å²) in [6, 6.07) is 20.3. The Bertz CT molecular complexity index is 2130. The molecular formula is C50H64N4O12. The van der Waals surface area contributed by atoms with E-state index in [0.717, 1.165) is 36.0 Å². The summed E-state index contributed by atoms with van der Waals surface area (Å²) < 4.78 is 31.9. The van der Waals surface area contributed by atoms with E-state index in [2.05, 4.69) is 18.0 Å². The number of fused-ring (bicyclic) bond motifs is 2. The van der Waals surface area contributed by atoms with Gasteiger partial charge in [-0.2, -0.15) is 0 Å². The number of amides is 2. The minimum absolute atomic E-state index is 0.00382. The Hall–Kier alpha value is -5.81. The maximum absolute atomic E-state index is 14.6. The zero-order valence-electron chi connectivity index (χ0n) is 38.0. The molecule has 6 atom stereocenters. The molecule has 16 nitrogen and oxygen atoms in total. The summed E-state index contributed by atoms with van der Waals surface area (Å²) in [6.07, 6.45) is 7.53. The molecule has 356 valence electrons. The lowest BCUT2D eigenvalue weighted by Crippen LogP contribution is -2.70. The van der Waals surface area contributed by atoms with Crippen LogP contribution in [0.15, 0.2) is 102 Å². The van der Waals surface area contributed by atoms with Crippen LogP contribution in [0.2, 0.25) is 0 Å². The number of ether oxygens (including phenoxy) is 5. The molecular weight excluding hydrogens is 849 g/mol. The van der Waals surface area contributed by atoms with Gasteiger partial charge in [0.05, 0.1) is 36.4 Å². The van der Waals surface area contributed by atoms with Crippen molar-refractivity contribution in [3.8, 4) is 11.5 Å². The summed E-state index contributed by atoms with van der Waals surface area (Å²) in [5.74, 6) is -1.77. The molecule has 6 rings (SSSR count). The van der Waals surface area contributed by atoms with Crippen molar-refractivity contribution in [3.05, 3.63) is 124 Å². The van der Waals surface area contributed by atoms with E-state index in [0.29, 0.717) is 61.6 Å². The van der Waals surface area contributed by atoms with Crippen molar-refractivity contribution in [2.24, 2.45) is 22.9 Å². The van der Waals surface area contributed by atoms with Gasteiger partial charge < -0.3 is 44.1 Å². The Morgan fingerprint density at radius 2 is 1.73 bits per heavy atom. The van der Waals surface area contributed by atoms with Gasteiger partial charge in [0, 0.05) is 56.3 Å². The first-order valence-electron chi connectivity index (χ1n) is 23.1. The third-order valence-corrected chi connectivity index (χ3v) is 12.4. The second kappa shape index (κ2) is 24.6. The molecule has 3 aromatic carbocycles. The summed E-state index contributed by atoms with van der Waals surface area (Å²) in [5.41, 5.74) is 3.80. The number of carbonyl (C=O) groups excluding carboxylic acids is 2. The van der Waals surface area contributed by atoms with Gasteiger partial charge in [0.2, 0.25) is 5.79 Å². The molecule has 1 fully saturated rings. The number of aliphatic hydroxyl groups is 2. The second-order valence-corrected chi connectivity index (χ2v) is 16.7. The van der Waals surface area contributed by atoms with E-state index in [4.69, 9.17) is 33.7 Å². The van der Waals surface area contributed by atoms with Gasteiger partial charge in [-0.25, -0.2) is 9.59 Å². The van der Waals surface area contributed by atoms with Crippen LogP contribution in [0.25, 0.3) is 0 Å². The number of nitrogens with one attached hydrogen (secondary N) is 1. The lowest BCUT2D eigenvalue weighted by atomic mass is 9.55. The van der Waals surface area contributed by atoms with Crippen molar-refractivity contribution in [2.45, 2.75) is 96.2 Å². The largest absolute Gasteiger partial charge is 0.459 e. The molecule has 66 heavy (non-hydrogen) atoms. The highest BCUT2D eigenvalue weighted by molar-refractivity contribution is 6.03. The van der Waals surface area contributed by atoms with Gasteiger partial charge in [-0.3, -0.25) is 15.0 Å². The molecule has 0 unspecified atom stereocenters. The summed E-state index contributed by atoms with van der Waals surface area (Å²) in [5, 5.41) is 38.7. The molecule has 3 aliphatic rings. The van der Waals surface area contributed by atoms with Gasteiger partial charge in [0.25, 0.3) is 5.69 Å². The Morgan fingerprint density at radius 3 is 2.42 bits per heavy atom. The van der Waals surface area contributed by atoms with Gasteiger partial charge in [0.1, 0.15) is 30.8 Å². The van der Waals surface area contributed by atoms with E-state index in [1.165, 1.54) is 12.1 Å². The molecule has 0 radical (unpaired) electrons. The molecule has 0 bridgehead atoms. The third-order valence-electron chi connectivity index (χ3n) is 12.4. The second-order valence-electron chi connectivity index (χ2n) is 16.7. The molecule has 2 amide bonds. The highest BCUT2D eigenvalue weighted by Crippen LogP contribution is 2.62. The summed E-state index contributed by atoms with van der Waals surface area (Å²) >= 11 is 0. The highest BCUT2D eigenvalue weighted by atomic mass is 16.7. The Kier molecular flexibility index (Phi) is 18.5. The number of unbranched alkanes of at least 4 members (excludes halogenated alkanes) is 2. The summed E-state index contributed by atoms with van der Waals surface area (Å²) in [6.45, 7) is 9.12. The molecule has 0 saturated heterocycles. The molecule has 16 heteroatoms. The van der Waals surface area contributed by atoms with E-state index in [9.17, 15) is 29.9 Å². The number of nitro benzene ring substituents is 1. The molecule has 1 heterocycles. The standard InChI is InChI=1S/C50H64N4O12/c1-4-24-53(49(58)62-29-28-61-33-35-14-8-7-9-15-35)45-32-43(52-64-34-36-18-20-38(21-19-36)54(59)60)41-30-37(16-10-12-25-55)40(17-11-13-26-56)46-42-31-39(65-48(57)51-6-3)22-23-44(42)66-50(45,47(41)46)63-27-5-2/h5,7-9,14-15,18-23,30-31,37,40,45-47,55-56H,2,4,6,10-13,16-17,24-29,32-34H2,1,3H3,(H,51,57)/t37-,40+,45-,46+,47+,50+/m0/s1. The third kappa shape index (κ3) is 12.1. The number of carbonyl (C=O) groups is 2. The number of non-ortho nitro benzene ring substituents is 1. The lowest BCUT2D eigenvalue weighted by Gasteiger charge is -2.59. The van der Waals surface area contributed by atoms with Gasteiger partial charge in [-0.1, -0.05) is 67.4 Å². The van der Waals surface area contributed by atoms with Gasteiger partial charge >= 0.3 is 12.2 Å². The lowest BCUT2D eigenvalue weighted by molar-refractivity contribution is -0.384. The van der Waals surface area contributed by atoms with Crippen LogP contribution in [-0.4, -0.2) is 95.9 Å². The van der Waals surface area contributed by atoms with Crippen LogP contribution in [0.5, 0.6) is 11.5 Å². The highest BCUT2D eigenvalue weighted by Gasteiger charge is 2.65. The fraction of sp³-hybridized carbons (Fsp3) is 0.500. The predicted molar refractivity (Wildman–Crippen MR) is 247 cm³/mol. The number of hydrogen-bond acceptors (Lipinski definition) is 13. The zero-order valence-corrected chi connectivity index (χ0v) is 38.0. The van der Waals surface area contributed by atoms with E-state index in [-0.39, 0.29) is 76.0 Å². The van der Waals surface area contributed by atoms with E-state index >= 15 is 0 Å². The molecule has 0 aromatic heterocycles. The van der Waals surface area contributed by atoms with E-state index in [1.807, 2.05) is 43.3 Å². The Labute approximate surface area is 386 Å². The van der Waals surface area contributed by atoms with Gasteiger partial charge in [-0.15, -0.1) is 6.58 Å². The molecule has 1 aliphatic heterocycles. The number of nitrogens with zero attached hydrogens (tertiary/aromatic N) is 3. The van der Waals surface area contributed by atoms with E-state index in [1.54, 1.807) is 42.2 Å². The minimum Gasteiger partial charge on any atom is -0.459 e. The molecule has 3 N–H and O–H groups in total. The first-order valence-corrected chi connectivity index (χ1v) is 23.1. The average molecular weight is 913 g/mol. The molecule has 3 aromatic rings. The monoisotopic (exact) mass is 912 g/mol. The number of benzene rings is 3.